The molecule has 0 radical (unpaired) electrons. The molecule has 4 rings (SSSR count). The molecule has 1 amide bonds. The van der Waals surface area contributed by atoms with Crippen molar-refractivity contribution in [2.24, 2.45) is 5.92 Å². The monoisotopic (exact) mass is 432 g/mol. The van der Waals surface area contributed by atoms with Crippen LogP contribution in [0.15, 0.2) is 36.7 Å². The van der Waals surface area contributed by atoms with Crippen molar-refractivity contribution in [3.8, 4) is 0 Å². The molecule has 0 aliphatic carbocycles. The van der Waals surface area contributed by atoms with Gasteiger partial charge in [-0.25, -0.2) is 4.98 Å². The maximum Gasteiger partial charge on any atom is 0.274 e. The van der Waals surface area contributed by atoms with Gasteiger partial charge in [-0.2, -0.15) is 5.10 Å². The second-order valence-corrected chi connectivity index (χ2v) is 8.14. The predicted octanol–water partition coefficient (Wildman–Crippen LogP) is 3.00. The van der Waals surface area contributed by atoms with E-state index in [-0.39, 0.29) is 18.3 Å². The number of piperidine rings is 2. The minimum Gasteiger partial charge on any atom is -0.357 e. The second-order valence-electron chi connectivity index (χ2n) is 8.14. The molecule has 2 fully saturated rings. The molecule has 0 saturated carbocycles. The third-order valence-electron chi connectivity index (χ3n) is 6.21. The summed E-state index contributed by atoms with van der Waals surface area (Å²) in [5.74, 6) is 1.64. The lowest BCUT2D eigenvalue weighted by molar-refractivity contribution is 0.0721. The molecule has 30 heavy (non-hydrogen) atoms. The Kier molecular flexibility index (Phi) is 8.10. The molecule has 164 valence electrons. The summed E-state index contributed by atoms with van der Waals surface area (Å²) in [6, 6.07) is 8.29. The molecule has 2 aliphatic rings. The van der Waals surface area contributed by atoms with Gasteiger partial charge < -0.3 is 15.1 Å². The van der Waals surface area contributed by atoms with E-state index in [1.54, 1.807) is 0 Å². The highest BCUT2D eigenvalue weighted by molar-refractivity contribution is 5.92. The molecule has 0 aromatic carbocycles. The topological polar surface area (TPSA) is 66.3 Å². The Morgan fingerprint density at radius 1 is 1.23 bits per heavy atom. The van der Waals surface area contributed by atoms with Crippen molar-refractivity contribution < 1.29 is 4.79 Å². The van der Waals surface area contributed by atoms with Crippen LogP contribution in [0, 0.1) is 5.92 Å². The van der Waals surface area contributed by atoms with Gasteiger partial charge in [-0.3, -0.25) is 9.48 Å². The van der Waals surface area contributed by atoms with Crippen molar-refractivity contribution in [3.63, 3.8) is 0 Å². The molecule has 4 heterocycles. The summed E-state index contributed by atoms with van der Waals surface area (Å²) in [5.41, 5.74) is 0.573. The number of nitrogens with zero attached hydrogens (tertiary/aromatic N) is 5. The average molecular weight is 433 g/mol. The summed E-state index contributed by atoms with van der Waals surface area (Å²) in [7, 11) is 0. The lowest BCUT2D eigenvalue weighted by Gasteiger charge is -2.35. The zero-order chi connectivity index (χ0) is 20.1. The summed E-state index contributed by atoms with van der Waals surface area (Å²) in [4.78, 5) is 21.8. The molecule has 8 heteroatoms. The smallest absolute Gasteiger partial charge is 0.274 e. The van der Waals surface area contributed by atoms with E-state index >= 15 is 0 Å². The SMILES string of the molecule is CCN(CC1CCN(c2ccccn2)CC1)C(=O)c1ccn(C2CCCNC2)n1.Cl. The van der Waals surface area contributed by atoms with Crippen molar-refractivity contribution in [1.29, 1.82) is 0 Å². The number of hydrogen-bond acceptors (Lipinski definition) is 5. The van der Waals surface area contributed by atoms with Crippen molar-refractivity contribution in [2.45, 2.75) is 38.6 Å². The van der Waals surface area contributed by atoms with Gasteiger partial charge in [0.25, 0.3) is 5.91 Å². The summed E-state index contributed by atoms with van der Waals surface area (Å²) >= 11 is 0. The first kappa shape index (κ1) is 22.6. The normalized spacial score (nSPS) is 19.9. The third kappa shape index (κ3) is 5.32. The summed E-state index contributed by atoms with van der Waals surface area (Å²) in [6.45, 7) is 7.59. The van der Waals surface area contributed by atoms with Crippen LogP contribution in [0.2, 0.25) is 0 Å². The van der Waals surface area contributed by atoms with Gasteiger partial charge >= 0.3 is 0 Å². The van der Waals surface area contributed by atoms with Gasteiger partial charge in [0.15, 0.2) is 0 Å². The fourth-order valence-corrected chi connectivity index (χ4v) is 4.43. The van der Waals surface area contributed by atoms with Gasteiger partial charge in [-0.15, -0.1) is 12.4 Å². The molecule has 1 N–H and O–H groups in total. The molecule has 0 bridgehead atoms. The third-order valence-corrected chi connectivity index (χ3v) is 6.21. The van der Waals surface area contributed by atoms with Crippen molar-refractivity contribution in [3.05, 3.63) is 42.4 Å². The van der Waals surface area contributed by atoms with Crippen molar-refractivity contribution >= 4 is 24.1 Å². The Morgan fingerprint density at radius 3 is 2.73 bits per heavy atom. The number of carbonyl (C=O) groups excluding carboxylic acids is 1. The van der Waals surface area contributed by atoms with Crippen LogP contribution in [0.3, 0.4) is 0 Å². The first-order chi connectivity index (χ1) is 14.2. The largest absolute Gasteiger partial charge is 0.357 e. The van der Waals surface area contributed by atoms with E-state index in [2.05, 4.69) is 33.3 Å². The number of hydrogen-bond donors (Lipinski definition) is 1. The number of carbonyl (C=O) groups is 1. The summed E-state index contributed by atoms with van der Waals surface area (Å²) in [5, 5.41) is 8.03. The molecule has 2 aromatic heterocycles. The number of nitrogens with one attached hydrogen (secondary N) is 1. The lowest BCUT2D eigenvalue weighted by atomic mass is 9.96. The van der Waals surface area contributed by atoms with Crippen molar-refractivity contribution in [2.75, 3.05) is 44.2 Å². The van der Waals surface area contributed by atoms with E-state index in [9.17, 15) is 4.79 Å². The molecular weight excluding hydrogens is 400 g/mol. The molecular formula is C22H33ClN6O. The average Bonchev–Trinajstić information content (AvgIpc) is 3.29. The van der Waals surface area contributed by atoms with Crippen LogP contribution >= 0.6 is 12.4 Å². The molecule has 2 aromatic rings. The highest BCUT2D eigenvalue weighted by atomic mass is 35.5. The Hall–Kier alpha value is -2.12. The van der Waals surface area contributed by atoms with Gasteiger partial charge in [0, 0.05) is 45.1 Å². The molecule has 2 aliphatic heterocycles. The van der Waals surface area contributed by atoms with E-state index in [4.69, 9.17) is 0 Å². The van der Waals surface area contributed by atoms with Gasteiger partial charge in [0.2, 0.25) is 0 Å². The first-order valence-electron chi connectivity index (χ1n) is 11.0. The van der Waals surface area contributed by atoms with Crippen LogP contribution in [0.1, 0.15) is 49.1 Å². The maximum atomic E-state index is 13.0. The molecule has 1 unspecified atom stereocenters. The highest BCUT2D eigenvalue weighted by Crippen LogP contribution is 2.23. The Morgan fingerprint density at radius 2 is 2.07 bits per heavy atom. The fourth-order valence-electron chi connectivity index (χ4n) is 4.43. The van der Waals surface area contributed by atoms with Gasteiger partial charge in [-0.05, 0) is 63.3 Å². The van der Waals surface area contributed by atoms with Gasteiger partial charge in [0.1, 0.15) is 11.5 Å². The number of rotatable bonds is 6. The summed E-state index contributed by atoms with van der Waals surface area (Å²) < 4.78 is 1.97. The second kappa shape index (κ2) is 10.8. The van der Waals surface area contributed by atoms with Crippen LogP contribution < -0.4 is 10.2 Å². The number of halogens is 1. The van der Waals surface area contributed by atoms with E-state index in [0.717, 1.165) is 70.8 Å². The Labute approximate surface area is 185 Å². The maximum absolute atomic E-state index is 13.0. The number of anilines is 1. The zero-order valence-electron chi connectivity index (χ0n) is 17.7. The minimum absolute atomic E-state index is 0. The Bertz CT molecular complexity index is 784. The van der Waals surface area contributed by atoms with E-state index in [0.29, 0.717) is 17.7 Å². The van der Waals surface area contributed by atoms with E-state index in [1.807, 2.05) is 40.2 Å². The molecule has 2 saturated heterocycles. The predicted molar refractivity (Wildman–Crippen MR) is 121 cm³/mol. The Balaban J connectivity index is 0.00000256. The van der Waals surface area contributed by atoms with Crippen LogP contribution in [0.25, 0.3) is 0 Å². The van der Waals surface area contributed by atoms with Gasteiger partial charge in [-0.1, -0.05) is 6.07 Å². The van der Waals surface area contributed by atoms with Crippen molar-refractivity contribution in [1.82, 2.24) is 25.0 Å². The highest BCUT2D eigenvalue weighted by Gasteiger charge is 2.26. The lowest BCUT2D eigenvalue weighted by Crippen LogP contribution is -2.41. The van der Waals surface area contributed by atoms with Gasteiger partial charge in [0.05, 0.1) is 6.04 Å². The quantitative estimate of drug-likeness (QED) is 0.760. The van der Waals surface area contributed by atoms with Crippen LogP contribution in [0.4, 0.5) is 5.82 Å². The molecule has 7 nitrogen and oxygen atoms in total. The number of aromatic nitrogens is 3. The standard InChI is InChI=1S/C22H32N6O.ClH/c1-2-26(17-18-8-13-27(14-9-18)21-7-3-4-12-24-21)22(29)20-10-15-28(25-20)19-6-5-11-23-16-19;/h3-4,7,10,12,15,18-19,23H,2,5-6,8-9,11,13-14,16-17H2,1H3;1H. The molecule has 1 atom stereocenters. The first-order valence-corrected chi connectivity index (χ1v) is 11.0. The van der Waals surface area contributed by atoms with Crippen LogP contribution in [0.5, 0.6) is 0 Å². The zero-order valence-corrected chi connectivity index (χ0v) is 18.6. The minimum atomic E-state index is 0. The van der Waals surface area contributed by atoms with E-state index < -0.39 is 0 Å². The van der Waals surface area contributed by atoms with Crippen LogP contribution in [-0.2, 0) is 0 Å². The van der Waals surface area contributed by atoms with E-state index in [1.165, 1.54) is 0 Å². The number of pyridine rings is 1. The van der Waals surface area contributed by atoms with Crippen LogP contribution in [-0.4, -0.2) is 64.8 Å². The molecule has 0 spiro atoms. The summed E-state index contributed by atoms with van der Waals surface area (Å²) in [6.07, 6.45) is 8.26. The fraction of sp³-hybridized carbons (Fsp3) is 0.591. The number of amides is 1.